The van der Waals surface area contributed by atoms with E-state index in [1.54, 1.807) is 17.2 Å². The fourth-order valence-electron chi connectivity index (χ4n) is 3.02. The molecule has 0 bridgehead atoms. The van der Waals surface area contributed by atoms with Crippen LogP contribution in [0.15, 0.2) is 49.1 Å². The minimum atomic E-state index is -0.100. The second-order valence-electron chi connectivity index (χ2n) is 6.22. The van der Waals surface area contributed by atoms with Crippen LogP contribution in [0.4, 0.5) is 0 Å². The molecule has 0 spiro atoms. The van der Waals surface area contributed by atoms with E-state index >= 15 is 0 Å². The number of nitrogens with one attached hydrogen (secondary N) is 1. The molecule has 1 saturated carbocycles. The number of amides is 1. The van der Waals surface area contributed by atoms with E-state index in [-0.39, 0.29) is 11.9 Å². The molecule has 7 nitrogen and oxygen atoms in total. The van der Waals surface area contributed by atoms with Crippen LogP contribution < -0.4 is 5.32 Å². The van der Waals surface area contributed by atoms with Gasteiger partial charge in [-0.15, -0.1) is 0 Å². The van der Waals surface area contributed by atoms with Gasteiger partial charge in [0.05, 0.1) is 11.7 Å². The third-order valence-corrected chi connectivity index (χ3v) is 4.48. The lowest BCUT2D eigenvalue weighted by atomic mass is 10.1. The van der Waals surface area contributed by atoms with E-state index in [1.807, 2.05) is 48.1 Å². The summed E-state index contributed by atoms with van der Waals surface area (Å²) in [6.45, 7) is 2.76. The Labute approximate surface area is 145 Å². The van der Waals surface area contributed by atoms with Crippen LogP contribution in [-0.4, -0.2) is 30.5 Å². The van der Waals surface area contributed by atoms with Crippen LogP contribution in [0.3, 0.4) is 0 Å². The van der Waals surface area contributed by atoms with Gasteiger partial charge in [-0.25, -0.2) is 14.3 Å². The summed E-state index contributed by atoms with van der Waals surface area (Å²) in [4.78, 5) is 17.2. The van der Waals surface area contributed by atoms with Gasteiger partial charge in [-0.05, 0) is 49.9 Å². The van der Waals surface area contributed by atoms with Crippen LogP contribution in [0.2, 0.25) is 0 Å². The predicted octanol–water partition coefficient (Wildman–Crippen LogP) is 2.36. The first-order valence-corrected chi connectivity index (χ1v) is 8.55. The molecule has 1 amide bonds. The van der Waals surface area contributed by atoms with E-state index in [2.05, 4.69) is 20.5 Å². The maximum Gasteiger partial charge on any atom is 0.251 e. The van der Waals surface area contributed by atoms with Gasteiger partial charge >= 0.3 is 0 Å². The Hall–Kier alpha value is -2.96. The number of benzene rings is 1. The highest BCUT2D eigenvalue weighted by Gasteiger charge is 2.36. The SMILES string of the molecule is CCn1ncnc1[C@@H](NC(=O)c1cccc(-n2cccn2)c1)C1CC1. The zero-order chi connectivity index (χ0) is 17.2. The normalized spacial score (nSPS) is 15.1. The van der Waals surface area contributed by atoms with E-state index in [9.17, 15) is 4.79 Å². The first-order chi connectivity index (χ1) is 12.3. The molecule has 25 heavy (non-hydrogen) atoms. The summed E-state index contributed by atoms with van der Waals surface area (Å²) in [6, 6.07) is 9.21. The zero-order valence-corrected chi connectivity index (χ0v) is 14.0. The molecule has 128 valence electrons. The van der Waals surface area contributed by atoms with Gasteiger partial charge in [-0.2, -0.15) is 10.2 Å². The van der Waals surface area contributed by atoms with Gasteiger partial charge in [0.1, 0.15) is 12.2 Å². The highest BCUT2D eigenvalue weighted by atomic mass is 16.1. The summed E-state index contributed by atoms with van der Waals surface area (Å²) in [5.41, 5.74) is 1.47. The Balaban J connectivity index is 1.57. The monoisotopic (exact) mass is 336 g/mol. The van der Waals surface area contributed by atoms with Crippen molar-refractivity contribution >= 4 is 5.91 Å². The number of hydrogen-bond acceptors (Lipinski definition) is 4. The Bertz CT molecular complexity index is 865. The largest absolute Gasteiger partial charge is 0.342 e. The molecule has 1 aliphatic rings. The average molecular weight is 336 g/mol. The molecule has 0 unspecified atom stereocenters. The van der Waals surface area contributed by atoms with E-state index in [0.29, 0.717) is 11.5 Å². The number of carbonyl (C=O) groups is 1. The molecule has 1 aromatic carbocycles. The Kier molecular flexibility index (Phi) is 4.05. The van der Waals surface area contributed by atoms with Gasteiger partial charge in [0.2, 0.25) is 0 Å². The second-order valence-corrected chi connectivity index (χ2v) is 6.22. The summed E-state index contributed by atoms with van der Waals surface area (Å²) in [6.07, 6.45) is 7.34. The summed E-state index contributed by atoms with van der Waals surface area (Å²) >= 11 is 0. The minimum absolute atomic E-state index is 0.0942. The van der Waals surface area contributed by atoms with Gasteiger partial charge in [-0.3, -0.25) is 4.79 Å². The minimum Gasteiger partial charge on any atom is -0.342 e. The molecule has 4 rings (SSSR count). The predicted molar refractivity (Wildman–Crippen MR) is 92.2 cm³/mol. The molecule has 2 heterocycles. The fourth-order valence-corrected chi connectivity index (χ4v) is 3.02. The third kappa shape index (κ3) is 3.17. The second kappa shape index (κ2) is 6.51. The Morgan fingerprint density at radius 2 is 2.20 bits per heavy atom. The fraction of sp³-hybridized carbons (Fsp3) is 0.333. The van der Waals surface area contributed by atoms with Crippen LogP contribution in [-0.2, 0) is 6.54 Å². The number of nitrogens with zero attached hydrogens (tertiary/aromatic N) is 5. The van der Waals surface area contributed by atoms with Crippen molar-refractivity contribution in [2.45, 2.75) is 32.4 Å². The van der Waals surface area contributed by atoms with E-state index in [4.69, 9.17) is 0 Å². The number of hydrogen-bond donors (Lipinski definition) is 1. The van der Waals surface area contributed by atoms with Crippen molar-refractivity contribution in [1.29, 1.82) is 0 Å². The van der Waals surface area contributed by atoms with E-state index in [1.165, 1.54) is 0 Å². The van der Waals surface area contributed by atoms with Crippen molar-refractivity contribution in [1.82, 2.24) is 29.9 Å². The zero-order valence-electron chi connectivity index (χ0n) is 14.0. The van der Waals surface area contributed by atoms with Gasteiger partial charge in [-0.1, -0.05) is 6.07 Å². The first kappa shape index (κ1) is 15.6. The molecule has 7 heteroatoms. The standard InChI is InChI=1S/C18H20N6O/c1-2-23-17(19-12-21-23)16(13-7-8-13)22-18(25)14-5-3-6-15(11-14)24-10-4-9-20-24/h3-6,9-13,16H,2,7-8H2,1H3,(H,22,25)/t16-/m0/s1. The van der Waals surface area contributed by atoms with Crippen molar-refractivity contribution in [3.8, 4) is 5.69 Å². The van der Waals surface area contributed by atoms with Gasteiger partial charge in [0.15, 0.2) is 0 Å². The van der Waals surface area contributed by atoms with Gasteiger partial charge in [0, 0.05) is 24.5 Å². The van der Waals surface area contributed by atoms with E-state index < -0.39 is 0 Å². The van der Waals surface area contributed by atoms with Crippen LogP contribution in [0.25, 0.3) is 5.69 Å². The van der Waals surface area contributed by atoms with Crippen LogP contribution in [0.1, 0.15) is 42.0 Å². The lowest BCUT2D eigenvalue weighted by Crippen LogP contribution is -2.32. The van der Waals surface area contributed by atoms with Gasteiger partial charge in [0.25, 0.3) is 5.91 Å². The quantitative estimate of drug-likeness (QED) is 0.749. The number of rotatable bonds is 6. The third-order valence-electron chi connectivity index (χ3n) is 4.48. The molecule has 0 aliphatic heterocycles. The molecule has 1 N–H and O–H groups in total. The molecule has 1 fully saturated rings. The van der Waals surface area contributed by atoms with E-state index in [0.717, 1.165) is 30.9 Å². The summed E-state index contributed by atoms with van der Waals surface area (Å²) in [5.74, 6) is 1.17. The number of carbonyl (C=O) groups excluding carboxylic acids is 1. The molecule has 0 radical (unpaired) electrons. The Morgan fingerprint density at radius 1 is 1.32 bits per heavy atom. The van der Waals surface area contributed by atoms with Gasteiger partial charge < -0.3 is 5.32 Å². The highest BCUT2D eigenvalue weighted by Crippen LogP contribution is 2.40. The lowest BCUT2D eigenvalue weighted by Gasteiger charge is -2.18. The maximum atomic E-state index is 12.8. The molecule has 1 aliphatic carbocycles. The lowest BCUT2D eigenvalue weighted by molar-refractivity contribution is 0.0928. The van der Waals surface area contributed by atoms with Crippen LogP contribution in [0, 0.1) is 5.92 Å². The van der Waals surface area contributed by atoms with Crippen molar-refractivity contribution in [2.24, 2.45) is 5.92 Å². The number of aromatic nitrogens is 5. The molecular formula is C18H20N6O. The first-order valence-electron chi connectivity index (χ1n) is 8.55. The maximum absolute atomic E-state index is 12.8. The Morgan fingerprint density at radius 3 is 2.92 bits per heavy atom. The molecular weight excluding hydrogens is 316 g/mol. The van der Waals surface area contributed by atoms with Crippen LogP contribution in [0.5, 0.6) is 0 Å². The summed E-state index contributed by atoms with van der Waals surface area (Å²) in [5, 5.41) is 11.6. The van der Waals surface area contributed by atoms with Crippen LogP contribution >= 0.6 is 0 Å². The molecule has 0 saturated heterocycles. The topological polar surface area (TPSA) is 77.6 Å². The average Bonchev–Trinajstić information content (AvgIpc) is 3.13. The van der Waals surface area contributed by atoms with Crippen molar-refractivity contribution in [3.63, 3.8) is 0 Å². The molecule has 1 atom stereocenters. The molecule has 3 aromatic rings. The van der Waals surface area contributed by atoms with Crippen molar-refractivity contribution in [2.75, 3.05) is 0 Å². The van der Waals surface area contributed by atoms with Crippen molar-refractivity contribution in [3.05, 3.63) is 60.4 Å². The highest BCUT2D eigenvalue weighted by molar-refractivity contribution is 5.95. The number of aryl methyl sites for hydroxylation is 1. The summed E-state index contributed by atoms with van der Waals surface area (Å²) < 4.78 is 3.59. The molecule has 2 aromatic heterocycles. The summed E-state index contributed by atoms with van der Waals surface area (Å²) in [7, 11) is 0. The van der Waals surface area contributed by atoms with Crippen molar-refractivity contribution < 1.29 is 4.79 Å². The smallest absolute Gasteiger partial charge is 0.251 e.